The molecule has 0 N–H and O–H groups in total. The van der Waals surface area contributed by atoms with Crippen molar-refractivity contribution in [2.75, 3.05) is 0 Å². The Morgan fingerprint density at radius 2 is 2.18 bits per heavy atom. The number of rotatable bonds is 0. The number of nitrogens with zero attached hydrogens (tertiary/aromatic N) is 2. The molecule has 2 heterocycles. The fraction of sp³-hybridized carbons (Fsp3) is 0. The molecule has 0 unspecified atom stereocenters. The second-order valence-electron chi connectivity index (χ2n) is 1.98. The second kappa shape index (κ2) is 2.36. The van der Waals surface area contributed by atoms with Crippen molar-refractivity contribution < 1.29 is 4.52 Å². The third-order valence-electron chi connectivity index (χ3n) is 1.25. The van der Waals surface area contributed by atoms with Crippen LogP contribution >= 0.6 is 23.2 Å². The van der Waals surface area contributed by atoms with Crippen LogP contribution in [0.25, 0.3) is 11.1 Å². The molecule has 2 aromatic rings. The van der Waals surface area contributed by atoms with Gasteiger partial charge in [0, 0.05) is 6.20 Å². The molecule has 0 aromatic carbocycles. The first-order chi connectivity index (χ1) is 5.27. The summed E-state index contributed by atoms with van der Waals surface area (Å²) < 4.78 is 4.75. The maximum absolute atomic E-state index is 5.66. The highest BCUT2D eigenvalue weighted by atomic mass is 35.5. The van der Waals surface area contributed by atoms with Crippen molar-refractivity contribution in [3.05, 3.63) is 22.4 Å². The topological polar surface area (TPSA) is 38.9 Å². The molecule has 0 saturated carbocycles. The Morgan fingerprint density at radius 1 is 1.36 bits per heavy atom. The monoisotopic (exact) mass is 188 g/mol. The molecule has 0 atom stereocenters. The summed E-state index contributed by atoms with van der Waals surface area (Å²) in [5.74, 6) is 0. The third-order valence-corrected chi connectivity index (χ3v) is 1.73. The van der Waals surface area contributed by atoms with E-state index in [1.54, 1.807) is 6.07 Å². The Morgan fingerprint density at radius 3 is 3.00 bits per heavy atom. The van der Waals surface area contributed by atoms with Gasteiger partial charge in [-0.05, 0) is 6.07 Å². The van der Waals surface area contributed by atoms with Crippen LogP contribution < -0.4 is 0 Å². The summed E-state index contributed by atoms with van der Waals surface area (Å²) in [6.07, 6.45) is 1.48. The molecule has 0 amide bonds. The van der Waals surface area contributed by atoms with E-state index >= 15 is 0 Å². The van der Waals surface area contributed by atoms with E-state index in [0.717, 1.165) is 0 Å². The zero-order valence-corrected chi connectivity index (χ0v) is 6.73. The Bertz CT molecular complexity index is 398. The van der Waals surface area contributed by atoms with Crippen molar-refractivity contribution in [1.82, 2.24) is 10.1 Å². The van der Waals surface area contributed by atoms with Crippen LogP contribution in [0.4, 0.5) is 0 Å². The normalized spacial score (nSPS) is 10.7. The van der Waals surface area contributed by atoms with Crippen LogP contribution in [0.3, 0.4) is 0 Å². The highest BCUT2D eigenvalue weighted by Gasteiger charge is 2.06. The van der Waals surface area contributed by atoms with Crippen molar-refractivity contribution in [2.24, 2.45) is 0 Å². The quantitative estimate of drug-likeness (QED) is 0.638. The van der Waals surface area contributed by atoms with Gasteiger partial charge in [0.2, 0.25) is 0 Å². The lowest BCUT2D eigenvalue weighted by Crippen LogP contribution is -1.71. The van der Waals surface area contributed by atoms with Crippen molar-refractivity contribution in [2.45, 2.75) is 0 Å². The van der Waals surface area contributed by atoms with Crippen LogP contribution in [-0.4, -0.2) is 10.1 Å². The summed E-state index contributed by atoms with van der Waals surface area (Å²) in [5, 5.41) is 4.95. The Hall–Kier alpha value is -0.800. The Balaban J connectivity index is 2.87. The predicted molar refractivity (Wildman–Crippen MR) is 41.8 cm³/mol. The molecule has 0 aliphatic rings. The van der Waals surface area contributed by atoms with Gasteiger partial charge in [0.25, 0.3) is 5.71 Å². The summed E-state index contributed by atoms with van der Waals surface area (Å²) in [7, 11) is 0. The van der Waals surface area contributed by atoms with Gasteiger partial charge in [0.1, 0.15) is 0 Å². The highest BCUT2D eigenvalue weighted by Crippen LogP contribution is 2.23. The highest BCUT2D eigenvalue weighted by molar-refractivity contribution is 6.35. The molecule has 0 bridgehead atoms. The van der Waals surface area contributed by atoms with Gasteiger partial charge in [-0.25, -0.2) is 4.98 Å². The van der Waals surface area contributed by atoms with Crippen molar-refractivity contribution in [1.29, 1.82) is 0 Å². The molecule has 3 nitrogen and oxygen atoms in total. The largest absolute Gasteiger partial charge is 0.334 e. The molecule has 0 aliphatic carbocycles. The van der Waals surface area contributed by atoms with E-state index in [1.807, 2.05) is 0 Å². The van der Waals surface area contributed by atoms with Crippen LogP contribution in [-0.2, 0) is 0 Å². The number of halogens is 2. The number of hydrogen-bond acceptors (Lipinski definition) is 3. The van der Waals surface area contributed by atoms with Crippen molar-refractivity contribution >= 4 is 34.3 Å². The molecule has 0 radical (unpaired) electrons. The lowest BCUT2D eigenvalue weighted by Gasteiger charge is -1.85. The number of pyridine rings is 1. The smallest absolute Gasteiger partial charge is 0.259 e. The molecule has 0 saturated heterocycles. The van der Waals surface area contributed by atoms with Gasteiger partial charge in [-0.15, -0.1) is 0 Å². The van der Waals surface area contributed by atoms with Gasteiger partial charge in [0.05, 0.1) is 10.4 Å². The summed E-state index contributed by atoms with van der Waals surface area (Å²) in [4.78, 5) is 3.86. The van der Waals surface area contributed by atoms with Gasteiger partial charge in [0.15, 0.2) is 5.15 Å². The summed E-state index contributed by atoms with van der Waals surface area (Å²) in [6, 6.07) is 1.66. The summed E-state index contributed by atoms with van der Waals surface area (Å²) >= 11 is 11.3. The standard InChI is InChI=1S/C6H2Cl2N2O/c7-3-1-4-5(8)10-11-6(4)9-2-3/h1-2H. The van der Waals surface area contributed by atoms with E-state index < -0.39 is 0 Å². The first-order valence-corrected chi connectivity index (χ1v) is 3.59. The van der Waals surface area contributed by atoms with Crippen molar-refractivity contribution in [3.63, 3.8) is 0 Å². The minimum atomic E-state index is 0.287. The molecule has 2 rings (SSSR count). The Kier molecular flexibility index (Phi) is 1.47. The zero-order chi connectivity index (χ0) is 7.84. The Labute approximate surface area is 71.9 Å². The minimum absolute atomic E-state index is 0.287. The average molecular weight is 189 g/mol. The van der Waals surface area contributed by atoms with Crippen LogP contribution in [0.1, 0.15) is 0 Å². The van der Waals surface area contributed by atoms with Gasteiger partial charge in [-0.3, -0.25) is 0 Å². The van der Waals surface area contributed by atoms with E-state index in [9.17, 15) is 0 Å². The van der Waals surface area contributed by atoms with Crippen molar-refractivity contribution in [3.8, 4) is 0 Å². The zero-order valence-electron chi connectivity index (χ0n) is 5.21. The molecule has 2 aromatic heterocycles. The fourth-order valence-corrected chi connectivity index (χ4v) is 1.11. The first kappa shape index (κ1) is 6.88. The first-order valence-electron chi connectivity index (χ1n) is 2.84. The molecular weight excluding hydrogens is 187 g/mol. The fourth-order valence-electron chi connectivity index (χ4n) is 0.780. The van der Waals surface area contributed by atoms with E-state index in [1.165, 1.54) is 6.20 Å². The SMILES string of the molecule is Clc1cnc2onc(Cl)c2c1. The summed E-state index contributed by atoms with van der Waals surface area (Å²) in [5.41, 5.74) is 0.402. The second-order valence-corrected chi connectivity index (χ2v) is 2.77. The van der Waals surface area contributed by atoms with E-state index in [4.69, 9.17) is 27.7 Å². The van der Waals surface area contributed by atoms with Crippen LogP contribution in [0.5, 0.6) is 0 Å². The molecule has 56 valence electrons. The maximum atomic E-state index is 5.66. The molecular formula is C6H2Cl2N2O. The maximum Gasteiger partial charge on any atom is 0.259 e. The average Bonchev–Trinajstić information content (AvgIpc) is 2.33. The minimum Gasteiger partial charge on any atom is -0.334 e. The molecule has 5 heteroatoms. The van der Waals surface area contributed by atoms with E-state index in [0.29, 0.717) is 16.1 Å². The number of aromatic nitrogens is 2. The molecule has 0 fully saturated rings. The van der Waals surface area contributed by atoms with Gasteiger partial charge >= 0.3 is 0 Å². The van der Waals surface area contributed by atoms with Gasteiger partial charge in [-0.1, -0.05) is 28.4 Å². The van der Waals surface area contributed by atoms with Gasteiger partial charge in [-0.2, -0.15) is 0 Å². The van der Waals surface area contributed by atoms with E-state index in [2.05, 4.69) is 10.1 Å². The lowest BCUT2D eigenvalue weighted by molar-refractivity contribution is 0.449. The number of hydrogen-bond donors (Lipinski definition) is 0. The van der Waals surface area contributed by atoms with Crippen LogP contribution in [0.2, 0.25) is 10.2 Å². The molecule has 0 aliphatic heterocycles. The lowest BCUT2D eigenvalue weighted by atomic mass is 10.4. The molecule has 11 heavy (non-hydrogen) atoms. The third kappa shape index (κ3) is 1.06. The van der Waals surface area contributed by atoms with E-state index in [-0.39, 0.29) is 5.15 Å². The van der Waals surface area contributed by atoms with Gasteiger partial charge < -0.3 is 4.52 Å². The van der Waals surface area contributed by atoms with Crippen LogP contribution in [0, 0.1) is 0 Å². The number of fused-ring (bicyclic) bond motifs is 1. The van der Waals surface area contributed by atoms with Crippen LogP contribution in [0.15, 0.2) is 16.8 Å². The predicted octanol–water partition coefficient (Wildman–Crippen LogP) is 2.53. The summed E-state index contributed by atoms with van der Waals surface area (Å²) in [6.45, 7) is 0. The molecule has 0 spiro atoms.